The molecule has 0 spiro atoms. The normalized spacial score (nSPS) is 28.1. The van der Waals surface area contributed by atoms with Crippen molar-refractivity contribution in [2.24, 2.45) is 5.41 Å². The van der Waals surface area contributed by atoms with Crippen molar-refractivity contribution in [2.45, 2.75) is 58.3 Å². The van der Waals surface area contributed by atoms with Crippen LogP contribution in [0.3, 0.4) is 0 Å². The molecule has 1 aromatic rings. The van der Waals surface area contributed by atoms with E-state index in [9.17, 15) is 0 Å². The molecule has 0 saturated heterocycles. The number of ether oxygens (including phenoxy) is 1. The first-order valence-electron chi connectivity index (χ1n) is 7.31. The van der Waals surface area contributed by atoms with Gasteiger partial charge in [-0.25, -0.2) is 0 Å². The Hall–Kier alpha value is -0.980. The lowest BCUT2D eigenvalue weighted by Gasteiger charge is -2.37. The fraction of sp³-hybridized carbons (Fsp3) is 0.647. The first-order chi connectivity index (χ1) is 8.67. The second-order valence-electron chi connectivity index (χ2n) is 6.11. The number of benzene rings is 1. The van der Waals surface area contributed by atoms with Gasteiger partial charge in [0.25, 0.3) is 0 Å². The zero-order valence-electron chi connectivity index (χ0n) is 12.0. The number of hydrogen-bond donors (Lipinski definition) is 0. The highest BCUT2D eigenvalue weighted by Gasteiger charge is 2.30. The Bertz CT molecular complexity index is 358. The summed E-state index contributed by atoms with van der Waals surface area (Å²) in [6.07, 6.45) is 8.19. The molecule has 0 heterocycles. The van der Waals surface area contributed by atoms with Gasteiger partial charge in [-0.3, -0.25) is 0 Å². The second-order valence-corrected chi connectivity index (χ2v) is 6.11. The lowest BCUT2D eigenvalue weighted by Crippen LogP contribution is -2.23. The van der Waals surface area contributed by atoms with Gasteiger partial charge in [-0.2, -0.15) is 0 Å². The van der Waals surface area contributed by atoms with Crippen molar-refractivity contribution in [3.63, 3.8) is 0 Å². The second kappa shape index (κ2) is 5.77. The summed E-state index contributed by atoms with van der Waals surface area (Å²) in [6.45, 7) is 4.78. The van der Waals surface area contributed by atoms with E-state index in [1.807, 2.05) is 0 Å². The van der Waals surface area contributed by atoms with Crippen LogP contribution in [0.5, 0.6) is 5.75 Å². The van der Waals surface area contributed by atoms with E-state index in [-0.39, 0.29) is 0 Å². The largest absolute Gasteiger partial charge is 0.497 e. The number of rotatable bonds is 4. The molecule has 0 bridgehead atoms. The SMILES string of the molecule is CCC[C@]1(C)CC[C@H](c2ccc(OC)cc2)CC1. The van der Waals surface area contributed by atoms with E-state index in [0.717, 1.165) is 11.7 Å². The van der Waals surface area contributed by atoms with Gasteiger partial charge in [0.05, 0.1) is 7.11 Å². The van der Waals surface area contributed by atoms with Gasteiger partial charge < -0.3 is 4.74 Å². The fourth-order valence-corrected chi connectivity index (χ4v) is 3.38. The third kappa shape index (κ3) is 3.07. The Balaban J connectivity index is 1.96. The van der Waals surface area contributed by atoms with E-state index < -0.39 is 0 Å². The molecule has 100 valence electrons. The fourth-order valence-electron chi connectivity index (χ4n) is 3.38. The summed E-state index contributed by atoms with van der Waals surface area (Å²) in [6, 6.07) is 8.67. The van der Waals surface area contributed by atoms with Gasteiger partial charge in [0.1, 0.15) is 5.75 Å². The molecule has 1 aliphatic rings. The van der Waals surface area contributed by atoms with Crippen LogP contribution in [0.15, 0.2) is 24.3 Å². The molecule has 1 aromatic carbocycles. The Morgan fingerprint density at radius 3 is 2.28 bits per heavy atom. The highest BCUT2D eigenvalue weighted by atomic mass is 16.5. The average Bonchev–Trinajstić information content (AvgIpc) is 2.40. The summed E-state index contributed by atoms with van der Waals surface area (Å²) in [5.74, 6) is 1.73. The van der Waals surface area contributed by atoms with Crippen molar-refractivity contribution < 1.29 is 4.74 Å². The minimum absolute atomic E-state index is 0.609. The zero-order valence-corrected chi connectivity index (χ0v) is 12.0. The van der Waals surface area contributed by atoms with Crippen molar-refractivity contribution in [1.29, 1.82) is 0 Å². The Kier molecular flexibility index (Phi) is 4.31. The van der Waals surface area contributed by atoms with Crippen molar-refractivity contribution in [1.82, 2.24) is 0 Å². The molecule has 0 unspecified atom stereocenters. The van der Waals surface area contributed by atoms with Crippen LogP contribution < -0.4 is 4.74 Å². The highest BCUT2D eigenvalue weighted by Crippen LogP contribution is 2.45. The molecule has 0 N–H and O–H groups in total. The Morgan fingerprint density at radius 1 is 1.17 bits per heavy atom. The van der Waals surface area contributed by atoms with Gasteiger partial charge in [0.15, 0.2) is 0 Å². The van der Waals surface area contributed by atoms with Crippen molar-refractivity contribution in [3.8, 4) is 5.75 Å². The molecule has 1 heteroatoms. The summed E-state index contributed by atoms with van der Waals surface area (Å²) in [7, 11) is 1.73. The van der Waals surface area contributed by atoms with Crippen LogP contribution >= 0.6 is 0 Å². The van der Waals surface area contributed by atoms with Gasteiger partial charge in [-0.1, -0.05) is 32.4 Å². The van der Waals surface area contributed by atoms with Crippen LogP contribution in [0.25, 0.3) is 0 Å². The van der Waals surface area contributed by atoms with Crippen LogP contribution in [0.4, 0.5) is 0 Å². The molecule has 0 aliphatic heterocycles. The Labute approximate surface area is 112 Å². The van der Waals surface area contributed by atoms with Crippen LogP contribution in [0.2, 0.25) is 0 Å². The maximum atomic E-state index is 5.22. The minimum Gasteiger partial charge on any atom is -0.497 e. The quantitative estimate of drug-likeness (QED) is 0.713. The van der Waals surface area contributed by atoms with Gasteiger partial charge in [0.2, 0.25) is 0 Å². The standard InChI is InChI=1S/C17H26O/c1-4-11-17(2)12-9-15(10-13-17)14-5-7-16(18-3)8-6-14/h5-8,15H,4,9-13H2,1-3H3/t15-,17+. The van der Waals surface area contributed by atoms with Crippen LogP contribution in [-0.2, 0) is 0 Å². The molecule has 1 aliphatic carbocycles. The van der Waals surface area contributed by atoms with E-state index >= 15 is 0 Å². The maximum absolute atomic E-state index is 5.22. The summed E-state index contributed by atoms with van der Waals surface area (Å²) in [5, 5.41) is 0. The van der Waals surface area contributed by atoms with Crippen LogP contribution in [0.1, 0.15) is 63.9 Å². The first-order valence-corrected chi connectivity index (χ1v) is 7.31. The van der Waals surface area contributed by atoms with Gasteiger partial charge in [-0.15, -0.1) is 0 Å². The predicted molar refractivity (Wildman–Crippen MR) is 77.2 cm³/mol. The summed E-state index contributed by atoms with van der Waals surface area (Å²) < 4.78 is 5.22. The summed E-state index contributed by atoms with van der Waals surface area (Å²) in [4.78, 5) is 0. The molecule has 2 rings (SSSR count). The van der Waals surface area contributed by atoms with E-state index in [1.54, 1.807) is 7.11 Å². The number of methoxy groups -OCH3 is 1. The van der Waals surface area contributed by atoms with Gasteiger partial charge in [0, 0.05) is 0 Å². The van der Waals surface area contributed by atoms with E-state index in [2.05, 4.69) is 38.1 Å². The molecule has 0 amide bonds. The van der Waals surface area contributed by atoms with E-state index in [4.69, 9.17) is 4.74 Å². The Morgan fingerprint density at radius 2 is 1.78 bits per heavy atom. The highest BCUT2D eigenvalue weighted by molar-refractivity contribution is 5.29. The third-order valence-electron chi connectivity index (χ3n) is 4.63. The molecule has 18 heavy (non-hydrogen) atoms. The minimum atomic E-state index is 0.609. The molecule has 0 aromatic heterocycles. The third-order valence-corrected chi connectivity index (χ3v) is 4.63. The van der Waals surface area contributed by atoms with Crippen LogP contribution in [0, 0.1) is 5.41 Å². The predicted octanol–water partition coefficient (Wildman–Crippen LogP) is 5.16. The molecule has 1 fully saturated rings. The first kappa shape index (κ1) is 13.5. The number of hydrogen-bond acceptors (Lipinski definition) is 1. The van der Waals surface area contributed by atoms with E-state index in [1.165, 1.54) is 44.1 Å². The molecule has 0 radical (unpaired) electrons. The molecular weight excluding hydrogens is 220 g/mol. The molecule has 1 nitrogen and oxygen atoms in total. The monoisotopic (exact) mass is 246 g/mol. The van der Waals surface area contributed by atoms with Crippen molar-refractivity contribution >= 4 is 0 Å². The maximum Gasteiger partial charge on any atom is 0.118 e. The molecular formula is C17H26O. The van der Waals surface area contributed by atoms with Gasteiger partial charge >= 0.3 is 0 Å². The summed E-state index contributed by atoms with van der Waals surface area (Å²) >= 11 is 0. The lowest BCUT2D eigenvalue weighted by molar-refractivity contribution is 0.182. The molecule has 1 saturated carbocycles. The van der Waals surface area contributed by atoms with Gasteiger partial charge in [-0.05, 0) is 61.1 Å². The lowest BCUT2D eigenvalue weighted by atomic mass is 9.68. The van der Waals surface area contributed by atoms with Crippen molar-refractivity contribution in [2.75, 3.05) is 7.11 Å². The van der Waals surface area contributed by atoms with Crippen molar-refractivity contribution in [3.05, 3.63) is 29.8 Å². The summed E-state index contributed by atoms with van der Waals surface area (Å²) in [5.41, 5.74) is 2.10. The smallest absolute Gasteiger partial charge is 0.118 e. The van der Waals surface area contributed by atoms with E-state index in [0.29, 0.717) is 5.41 Å². The van der Waals surface area contributed by atoms with Crippen LogP contribution in [-0.4, -0.2) is 7.11 Å². The topological polar surface area (TPSA) is 9.23 Å². The zero-order chi connectivity index (χ0) is 13.0. The molecule has 0 atom stereocenters. The average molecular weight is 246 g/mol.